The van der Waals surface area contributed by atoms with Crippen molar-refractivity contribution in [3.8, 4) is 5.75 Å². The lowest BCUT2D eigenvalue weighted by Gasteiger charge is -2.25. The van der Waals surface area contributed by atoms with Crippen molar-refractivity contribution < 1.29 is 4.74 Å². The second kappa shape index (κ2) is 5.07. The molecule has 0 aromatic heterocycles. The van der Waals surface area contributed by atoms with Gasteiger partial charge in [0.25, 0.3) is 0 Å². The summed E-state index contributed by atoms with van der Waals surface area (Å²) in [6.07, 6.45) is 2.23. The monoisotopic (exact) mass is 239 g/mol. The molecule has 0 N–H and O–H groups in total. The summed E-state index contributed by atoms with van der Waals surface area (Å²) in [5.41, 5.74) is 2.60. The van der Waals surface area contributed by atoms with Crippen LogP contribution in [0.25, 0.3) is 0 Å². The average Bonchev–Trinajstić information content (AvgIpc) is 2.29. The summed E-state index contributed by atoms with van der Waals surface area (Å²) < 4.78 is 5.61. The number of aryl methyl sites for hydroxylation is 1. The molecule has 0 saturated carbocycles. The minimum absolute atomic E-state index is 0.286. The Balaban J connectivity index is 2.28. The molecule has 1 heterocycles. The Kier molecular flexibility index (Phi) is 3.72. The molecule has 3 heteroatoms. The number of benzene rings is 1. The van der Waals surface area contributed by atoms with E-state index < -0.39 is 0 Å². The van der Waals surface area contributed by atoms with Crippen molar-refractivity contribution in [3.05, 3.63) is 29.3 Å². The second-order valence-corrected chi connectivity index (χ2v) is 4.76. The molecular weight excluding hydrogens is 222 g/mol. The van der Waals surface area contributed by atoms with Crippen molar-refractivity contribution in [2.75, 3.05) is 26.6 Å². The topological polar surface area (TPSA) is 12.5 Å². The average molecular weight is 240 g/mol. The third-order valence-electron chi connectivity index (χ3n) is 3.09. The summed E-state index contributed by atoms with van der Waals surface area (Å²) in [6, 6.07) is 6.72. The predicted molar refractivity (Wildman–Crippen MR) is 67.4 cm³/mol. The van der Waals surface area contributed by atoms with Gasteiger partial charge in [-0.25, -0.2) is 0 Å². The number of nitrogens with zero attached hydrogens (tertiary/aromatic N) is 1. The van der Waals surface area contributed by atoms with Crippen LogP contribution in [0.2, 0.25) is 0 Å². The van der Waals surface area contributed by atoms with E-state index in [1.54, 1.807) is 0 Å². The molecule has 1 aliphatic heterocycles. The summed E-state index contributed by atoms with van der Waals surface area (Å²) >= 11 is 6.01. The summed E-state index contributed by atoms with van der Waals surface area (Å²) in [5.74, 6) is 1.66. The lowest BCUT2D eigenvalue weighted by atomic mass is 9.99. The molecule has 0 aliphatic carbocycles. The van der Waals surface area contributed by atoms with Crippen LogP contribution < -0.4 is 4.74 Å². The van der Waals surface area contributed by atoms with E-state index in [0.717, 1.165) is 25.2 Å². The van der Waals surface area contributed by atoms with Crippen LogP contribution in [0, 0.1) is 0 Å². The van der Waals surface area contributed by atoms with Crippen LogP contribution in [-0.2, 0) is 6.42 Å². The molecule has 16 heavy (non-hydrogen) atoms. The maximum Gasteiger partial charge on any atom is 0.122 e. The normalized spacial score (nSPS) is 16.8. The molecular formula is C13H18ClNO. The van der Waals surface area contributed by atoms with Crippen molar-refractivity contribution in [2.45, 2.75) is 18.9 Å². The van der Waals surface area contributed by atoms with Crippen LogP contribution in [0.15, 0.2) is 18.2 Å². The van der Waals surface area contributed by atoms with E-state index in [4.69, 9.17) is 16.3 Å². The summed E-state index contributed by atoms with van der Waals surface area (Å²) in [7, 11) is 4.12. The molecule has 2 rings (SSSR count). The van der Waals surface area contributed by atoms with Gasteiger partial charge < -0.3 is 9.64 Å². The number of ether oxygens (including phenoxy) is 1. The van der Waals surface area contributed by atoms with Crippen LogP contribution in [0.1, 0.15) is 23.6 Å². The number of alkyl halides is 1. The molecule has 0 amide bonds. The standard InChI is InChI=1S/C13H18ClNO/c1-15(2)12(9-14)10-5-6-13-11(8-10)4-3-7-16-13/h5-6,8,12H,3-4,7,9H2,1-2H3. The zero-order valence-corrected chi connectivity index (χ0v) is 10.6. The maximum atomic E-state index is 6.01. The van der Waals surface area contributed by atoms with E-state index in [2.05, 4.69) is 37.2 Å². The predicted octanol–water partition coefficient (Wildman–Crippen LogP) is 2.85. The van der Waals surface area contributed by atoms with E-state index in [0.29, 0.717) is 5.88 Å². The van der Waals surface area contributed by atoms with Crippen LogP contribution >= 0.6 is 11.6 Å². The Bertz CT molecular complexity index is 365. The smallest absolute Gasteiger partial charge is 0.122 e. The molecule has 1 aromatic rings. The highest BCUT2D eigenvalue weighted by Gasteiger charge is 2.16. The molecule has 88 valence electrons. The zero-order chi connectivity index (χ0) is 11.5. The van der Waals surface area contributed by atoms with Crippen molar-refractivity contribution in [2.24, 2.45) is 0 Å². The van der Waals surface area contributed by atoms with Crippen molar-refractivity contribution in [1.82, 2.24) is 4.90 Å². The summed E-state index contributed by atoms with van der Waals surface area (Å²) in [6.45, 7) is 0.846. The molecule has 0 bridgehead atoms. The molecule has 1 aromatic carbocycles. The largest absolute Gasteiger partial charge is 0.493 e. The highest BCUT2D eigenvalue weighted by atomic mass is 35.5. The van der Waals surface area contributed by atoms with Gasteiger partial charge in [0.15, 0.2) is 0 Å². The highest BCUT2D eigenvalue weighted by molar-refractivity contribution is 6.18. The van der Waals surface area contributed by atoms with Crippen molar-refractivity contribution in [1.29, 1.82) is 0 Å². The van der Waals surface area contributed by atoms with E-state index in [1.807, 2.05) is 0 Å². The van der Waals surface area contributed by atoms with Crippen LogP contribution in [0.3, 0.4) is 0 Å². The molecule has 2 nitrogen and oxygen atoms in total. The summed E-state index contributed by atoms with van der Waals surface area (Å²) in [5, 5.41) is 0. The lowest BCUT2D eigenvalue weighted by Crippen LogP contribution is -2.21. The van der Waals surface area contributed by atoms with Gasteiger partial charge in [-0.05, 0) is 44.1 Å². The van der Waals surface area contributed by atoms with Gasteiger partial charge in [-0.15, -0.1) is 11.6 Å². The van der Waals surface area contributed by atoms with Gasteiger partial charge in [0.05, 0.1) is 6.61 Å². The van der Waals surface area contributed by atoms with Gasteiger partial charge >= 0.3 is 0 Å². The first kappa shape index (κ1) is 11.7. The Morgan fingerprint density at radius 1 is 1.44 bits per heavy atom. The van der Waals surface area contributed by atoms with E-state index in [9.17, 15) is 0 Å². The molecule has 0 fully saturated rings. The first-order chi connectivity index (χ1) is 7.72. The fourth-order valence-electron chi connectivity index (χ4n) is 2.11. The number of hydrogen-bond donors (Lipinski definition) is 0. The number of fused-ring (bicyclic) bond motifs is 1. The minimum atomic E-state index is 0.286. The maximum absolute atomic E-state index is 6.01. The van der Waals surface area contributed by atoms with Gasteiger partial charge in [-0.1, -0.05) is 12.1 Å². The minimum Gasteiger partial charge on any atom is -0.493 e. The van der Waals surface area contributed by atoms with Gasteiger partial charge in [-0.3, -0.25) is 0 Å². The summed E-state index contributed by atoms with van der Waals surface area (Å²) in [4.78, 5) is 2.15. The molecule has 0 saturated heterocycles. The fourth-order valence-corrected chi connectivity index (χ4v) is 2.57. The molecule has 0 spiro atoms. The highest BCUT2D eigenvalue weighted by Crippen LogP contribution is 2.29. The van der Waals surface area contributed by atoms with Gasteiger partial charge in [-0.2, -0.15) is 0 Å². The second-order valence-electron chi connectivity index (χ2n) is 4.45. The Morgan fingerprint density at radius 2 is 2.25 bits per heavy atom. The molecule has 1 unspecified atom stereocenters. The van der Waals surface area contributed by atoms with Crippen LogP contribution in [-0.4, -0.2) is 31.5 Å². The zero-order valence-electron chi connectivity index (χ0n) is 9.87. The third-order valence-corrected chi connectivity index (χ3v) is 3.38. The number of hydrogen-bond acceptors (Lipinski definition) is 2. The lowest BCUT2D eigenvalue weighted by molar-refractivity contribution is 0.286. The van der Waals surface area contributed by atoms with Crippen LogP contribution in [0.4, 0.5) is 0 Å². The Hall–Kier alpha value is -0.730. The van der Waals surface area contributed by atoms with E-state index >= 15 is 0 Å². The number of halogens is 1. The van der Waals surface area contributed by atoms with Gasteiger partial charge in [0.2, 0.25) is 0 Å². The first-order valence-corrected chi connectivity index (χ1v) is 6.24. The third kappa shape index (κ3) is 2.33. The van der Waals surface area contributed by atoms with Crippen LogP contribution in [0.5, 0.6) is 5.75 Å². The van der Waals surface area contributed by atoms with Gasteiger partial charge in [0.1, 0.15) is 5.75 Å². The first-order valence-electron chi connectivity index (χ1n) is 5.70. The molecule has 0 radical (unpaired) electrons. The molecule has 1 aliphatic rings. The fraction of sp³-hybridized carbons (Fsp3) is 0.538. The Morgan fingerprint density at radius 3 is 2.94 bits per heavy atom. The van der Waals surface area contributed by atoms with E-state index in [-0.39, 0.29) is 6.04 Å². The SMILES string of the molecule is CN(C)C(CCl)c1ccc2c(c1)CCCO2. The van der Waals surface area contributed by atoms with Crippen molar-refractivity contribution >= 4 is 11.6 Å². The molecule has 1 atom stereocenters. The number of rotatable bonds is 3. The Labute approximate surface area is 102 Å². The van der Waals surface area contributed by atoms with E-state index in [1.165, 1.54) is 11.1 Å². The quantitative estimate of drug-likeness (QED) is 0.753. The van der Waals surface area contributed by atoms with Gasteiger partial charge in [0, 0.05) is 11.9 Å². The van der Waals surface area contributed by atoms with Crippen molar-refractivity contribution in [3.63, 3.8) is 0 Å².